The first-order valence-corrected chi connectivity index (χ1v) is 6.56. The molecule has 5 nitrogen and oxygen atoms in total. The van der Waals surface area contributed by atoms with Gasteiger partial charge in [0.15, 0.2) is 0 Å². The number of nitrogens with zero attached hydrogens (tertiary/aromatic N) is 3. The van der Waals surface area contributed by atoms with E-state index in [1.54, 1.807) is 12.4 Å². The van der Waals surface area contributed by atoms with Gasteiger partial charge in [-0.1, -0.05) is 0 Å². The van der Waals surface area contributed by atoms with Crippen molar-refractivity contribution in [2.45, 2.75) is 32.0 Å². The Morgan fingerprint density at radius 1 is 1.42 bits per heavy atom. The summed E-state index contributed by atoms with van der Waals surface area (Å²) >= 11 is 0. The number of rotatable bonds is 3. The molecule has 1 aromatic heterocycles. The number of amides is 1. The monoisotopic (exact) mass is 262 g/mol. The Balaban J connectivity index is 2.19. The normalized spacial score (nSPS) is 23.7. The zero-order valence-corrected chi connectivity index (χ0v) is 11.8. The maximum absolute atomic E-state index is 12.4. The van der Waals surface area contributed by atoms with Gasteiger partial charge in [-0.15, -0.1) is 0 Å². The molecule has 0 radical (unpaired) electrons. The van der Waals surface area contributed by atoms with E-state index in [1.165, 1.54) is 0 Å². The van der Waals surface area contributed by atoms with Crippen molar-refractivity contribution < 1.29 is 4.79 Å². The van der Waals surface area contributed by atoms with Crippen LogP contribution in [-0.2, 0) is 11.3 Å². The number of pyridine rings is 1. The van der Waals surface area contributed by atoms with Gasteiger partial charge in [-0.05, 0) is 38.6 Å². The van der Waals surface area contributed by atoms with Crippen LogP contribution in [-0.4, -0.2) is 52.4 Å². The summed E-state index contributed by atoms with van der Waals surface area (Å²) in [7, 11) is 1.97. The van der Waals surface area contributed by atoms with Crippen LogP contribution in [0.25, 0.3) is 0 Å². The first kappa shape index (κ1) is 14.0. The molecule has 1 aromatic rings. The Kier molecular flexibility index (Phi) is 3.87. The molecular formula is C14H22N4O. The summed E-state index contributed by atoms with van der Waals surface area (Å²) in [6.07, 6.45) is 3.50. The van der Waals surface area contributed by atoms with Crippen LogP contribution < -0.4 is 5.73 Å². The van der Waals surface area contributed by atoms with Crippen molar-refractivity contribution in [1.82, 2.24) is 14.8 Å². The van der Waals surface area contributed by atoms with E-state index in [-0.39, 0.29) is 17.5 Å². The van der Waals surface area contributed by atoms with Crippen molar-refractivity contribution in [2.75, 3.05) is 20.1 Å². The highest BCUT2D eigenvalue weighted by Gasteiger charge is 2.42. The quantitative estimate of drug-likeness (QED) is 0.859. The smallest absolute Gasteiger partial charge is 0.241 e. The van der Waals surface area contributed by atoms with E-state index in [1.807, 2.05) is 24.1 Å². The Morgan fingerprint density at radius 2 is 2.05 bits per heavy atom. The molecule has 1 aliphatic rings. The standard InChI is InChI=1S/C14H22N4O/c1-14(2)10-18(9-11-4-6-16-7-5-11)13(19)12(8-15)17(14)3/h4-7,12H,8-10,15H2,1-3H3. The van der Waals surface area contributed by atoms with Crippen LogP contribution in [0, 0.1) is 0 Å². The highest BCUT2D eigenvalue weighted by Crippen LogP contribution is 2.25. The van der Waals surface area contributed by atoms with Crippen LogP contribution in [0.2, 0.25) is 0 Å². The van der Waals surface area contributed by atoms with Gasteiger partial charge in [-0.2, -0.15) is 0 Å². The topological polar surface area (TPSA) is 62.5 Å². The average Bonchev–Trinajstić information content (AvgIpc) is 2.38. The van der Waals surface area contributed by atoms with Gasteiger partial charge in [0.1, 0.15) is 6.04 Å². The number of carbonyl (C=O) groups excluding carboxylic acids is 1. The van der Waals surface area contributed by atoms with Gasteiger partial charge in [-0.25, -0.2) is 0 Å². The molecule has 104 valence electrons. The van der Waals surface area contributed by atoms with Crippen molar-refractivity contribution in [3.8, 4) is 0 Å². The maximum Gasteiger partial charge on any atom is 0.241 e. The number of hydrogen-bond donors (Lipinski definition) is 1. The molecule has 0 bridgehead atoms. The summed E-state index contributed by atoms with van der Waals surface area (Å²) in [5, 5.41) is 0. The van der Waals surface area contributed by atoms with Crippen LogP contribution in [0.5, 0.6) is 0 Å². The third-order valence-electron chi connectivity index (χ3n) is 3.94. The number of piperazine rings is 1. The largest absolute Gasteiger partial charge is 0.335 e. The number of hydrogen-bond acceptors (Lipinski definition) is 4. The summed E-state index contributed by atoms with van der Waals surface area (Å²) in [6, 6.07) is 3.65. The zero-order chi connectivity index (χ0) is 14.0. The van der Waals surface area contributed by atoms with Gasteiger partial charge in [0.2, 0.25) is 5.91 Å². The van der Waals surface area contributed by atoms with E-state index in [2.05, 4.69) is 23.7 Å². The van der Waals surface area contributed by atoms with Crippen LogP contribution in [0.1, 0.15) is 19.4 Å². The van der Waals surface area contributed by atoms with Crippen molar-refractivity contribution in [1.29, 1.82) is 0 Å². The fraction of sp³-hybridized carbons (Fsp3) is 0.571. The Hall–Kier alpha value is -1.46. The van der Waals surface area contributed by atoms with E-state index < -0.39 is 0 Å². The lowest BCUT2D eigenvalue weighted by Gasteiger charge is -2.49. The molecule has 1 aliphatic heterocycles. The van der Waals surface area contributed by atoms with Crippen molar-refractivity contribution >= 4 is 5.91 Å². The number of carbonyl (C=O) groups is 1. The van der Waals surface area contributed by atoms with E-state index in [0.717, 1.165) is 5.56 Å². The summed E-state index contributed by atoms with van der Waals surface area (Å²) in [5.74, 6) is 0.112. The minimum Gasteiger partial charge on any atom is -0.335 e. The molecule has 5 heteroatoms. The van der Waals surface area contributed by atoms with E-state index in [9.17, 15) is 4.79 Å². The fourth-order valence-electron chi connectivity index (χ4n) is 2.56. The summed E-state index contributed by atoms with van der Waals surface area (Å²) in [6.45, 7) is 5.96. The molecule has 2 rings (SSSR count). The SMILES string of the molecule is CN1C(CN)C(=O)N(Cc2ccncc2)CC1(C)C. The summed E-state index contributed by atoms with van der Waals surface area (Å²) in [5.41, 5.74) is 6.79. The summed E-state index contributed by atoms with van der Waals surface area (Å²) < 4.78 is 0. The predicted molar refractivity (Wildman–Crippen MR) is 74.3 cm³/mol. The molecule has 1 saturated heterocycles. The van der Waals surface area contributed by atoms with Crippen LogP contribution in [0.4, 0.5) is 0 Å². The fourth-order valence-corrected chi connectivity index (χ4v) is 2.56. The third-order valence-corrected chi connectivity index (χ3v) is 3.94. The first-order chi connectivity index (χ1) is 8.95. The lowest BCUT2D eigenvalue weighted by Crippen LogP contribution is -2.66. The van der Waals surface area contributed by atoms with E-state index in [0.29, 0.717) is 19.6 Å². The Morgan fingerprint density at radius 3 is 2.63 bits per heavy atom. The Bertz CT molecular complexity index is 446. The average molecular weight is 262 g/mol. The summed E-state index contributed by atoms with van der Waals surface area (Å²) in [4.78, 5) is 20.4. The zero-order valence-electron chi connectivity index (χ0n) is 11.8. The second-order valence-corrected chi connectivity index (χ2v) is 5.72. The molecule has 0 spiro atoms. The van der Waals surface area contributed by atoms with Gasteiger partial charge in [0.25, 0.3) is 0 Å². The molecule has 0 aliphatic carbocycles. The van der Waals surface area contributed by atoms with E-state index in [4.69, 9.17) is 5.73 Å². The molecule has 2 heterocycles. The third kappa shape index (κ3) is 2.77. The van der Waals surface area contributed by atoms with Crippen molar-refractivity contribution in [3.05, 3.63) is 30.1 Å². The molecular weight excluding hydrogens is 240 g/mol. The second-order valence-electron chi connectivity index (χ2n) is 5.72. The van der Waals surface area contributed by atoms with Gasteiger partial charge >= 0.3 is 0 Å². The van der Waals surface area contributed by atoms with Crippen molar-refractivity contribution in [3.63, 3.8) is 0 Å². The van der Waals surface area contributed by atoms with Crippen LogP contribution in [0.3, 0.4) is 0 Å². The van der Waals surface area contributed by atoms with Crippen LogP contribution in [0.15, 0.2) is 24.5 Å². The molecule has 1 unspecified atom stereocenters. The minimum absolute atomic E-state index is 0.0645. The first-order valence-electron chi connectivity index (χ1n) is 6.56. The molecule has 2 N–H and O–H groups in total. The number of likely N-dealkylation sites (N-methyl/N-ethyl adjacent to an activating group) is 1. The van der Waals surface area contributed by atoms with Crippen LogP contribution >= 0.6 is 0 Å². The number of aromatic nitrogens is 1. The molecule has 0 saturated carbocycles. The van der Waals surface area contributed by atoms with Gasteiger partial charge in [0, 0.05) is 37.6 Å². The van der Waals surface area contributed by atoms with E-state index >= 15 is 0 Å². The molecule has 1 fully saturated rings. The minimum atomic E-state index is -0.231. The molecule has 0 aromatic carbocycles. The molecule has 19 heavy (non-hydrogen) atoms. The maximum atomic E-state index is 12.4. The van der Waals surface area contributed by atoms with Gasteiger partial charge in [-0.3, -0.25) is 14.7 Å². The highest BCUT2D eigenvalue weighted by molar-refractivity contribution is 5.83. The lowest BCUT2D eigenvalue weighted by atomic mass is 9.94. The lowest BCUT2D eigenvalue weighted by molar-refractivity contribution is -0.148. The second kappa shape index (κ2) is 5.27. The van der Waals surface area contributed by atoms with Crippen molar-refractivity contribution in [2.24, 2.45) is 5.73 Å². The molecule has 1 amide bonds. The number of nitrogens with two attached hydrogens (primary N) is 1. The Labute approximate surface area is 114 Å². The van der Waals surface area contributed by atoms with Gasteiger partial charge in [0.05, 0.1) is 0 Å². The molecule has 1 atom stereocenters. The van der Waals surface area contributed by atoms with Gasteiger partial charge < -0.3 is 10.6 Å². The highest BCUT2D eigenvalue weighted by atomic mass is 16.2. The predicted octanol–water partition coefficient (Wildman–Crippen LogP) is 0.462.